The zero-order valence-electron chi connectivity index (χ0n) is 8.81. The predicted molar refractivity (Wildman–Crippen MR) is 63.7 cm³/mol. The summed E-state index contributed by atoms with van der Waals surface area (Å²) in [5, 5.41) is 0. The summed E-state index contributed by atoms with van der Waals surface area (Å²) in [6, 6.07) is 1.38. The van der Waals surface area contributed by atoms with Gasteiger partial charge in [-0.25, -0.2) is 4.39 Å². The van der Waals surface area contributed by atoms with Crippen molar-refractivity contribution in [1.29, 1.82) is 0 Å². The summed E-state index contributed by atoms with van der Waals surface area (Å²) in [5.74, 6) is -0.681. The smallest absolute Gasteiger partial charge is 0.324 e. The van der Waals surface area contributed by atoms with Crippen molar-refractivity contribution in [1.82, 2.24) is 0 Å². The molecule has 0 aromatic heterocycles. The minimum atomic E-state index is -4.40. The lowest BCUT2D eigenvalue weighted by atomic mass is 10.0. The largest absolute Gasteiger partial charge is 0.390 e. The van der Waals surface area contributed by atoms with Gasteiger partial charge in [0.05, 0.1) is 6.42 Å². The number of hydrogen-bond donors (Lipinski definition) is 1. The van der Waals surface area contributed by atoms with Gasteiger partial charge in [0.1, 0.15) is 5.82 Å². The second-order valence-electron chi connectivity index (χ2n) is 3.55. The molecular weight excluding hydrogens is 325 g/mol. The minimum absolute atomic E-state index is 0. The summed E-state index contributed by atoms with van der Waals surface area (Å²) in [6.07, 6.45) is -5.64. The Kier molecular flexibility index (Phi) is 5.90. The Balaban J connectivity index is 0.00000256. The predicted octanol–water partition coefficient (Wildman–Crippen LogP) is 4.27. The highest BCUT2D eigenvalue weighted by Gasteiger charge is 2.32. The summed E-state index contributed by atoms with van der Waals surface area (Å²) in [6.45, 7) is 1.48. The number of aryl methyl sites for hydroxylation is 1. The third kappa shape index (κ3) is 4.81. The number of benzene rings is 1. The van der Waals surface area contributed by atoms with E-state index in [1.807, 2.05) is 0 Å². The van der Waals surface area contributed by atoms with E-state index < -0.39 is 24.5 Å². The van der Waals surface area contributed by atoms with Crippen LogP contribution < -0.4 is 5.73 Å². The monoisotopic (exact) mass is 335 g/mol. The van der Waals surface area contributed by atoms with Crippen LogP contribution in [0.25, 0.3) is 0 Å². The molecule has 0 heterocycles. The Hall–Kier alpha value is -0.330. The third-order valence-electron chi connectivity index (χ3n) is 2.10. The van der Waals surface area contributed by atoms with E-state index in [0.717, 1.165) is 0 Å². The van der Waals surface area contributed by atoms with Gasteiger partial charge in [0, 0.05) is 16.1 Å². The topological polar surface area (TPSA) is 26.0 Å². The number of halogens is 6. The summed E-state index contributed by atoms with van der Waals surface area (Å²) >= 11 is 3.09. The first-order valence-corrected chi connectivity index (χ1v) is 5.28. The van der Waals surface area contributed by atoms with Crippen molar-refractivity contribution in [2.45, 2.75) is 25.6 Å². The maximum Gasteiger partial charge on any atom is 0.390 e. The fourth-order valence-corrected chi connectivity index (χ4v) is 1.97. The molecule has 1 nitrogen and oxygen atoms in total. The van der Waals surface area contributed by atoms with E-state index in [-0.39, 0.29) is 23.5 Å². The van der Waals surface area contributed by atoms with Gasteiger partial charge in [-0.05, 0) is 24.6 Å². The van der Waals surface area contributed by atoms with Crippen LogP contribution in [0.5, 0.6) is 0 Å². The van der Waals surface area contributed by atoms with Gasteiger partial charge in [-0.3, -0.25) is 0 Å². The van der Waals surface area contributed by atoms with Crippen LogP contribution in [-0.4, -0.2) is 6.18 Å². The second kappa shape index (κ2) is 6.02. The highest BCUT2D eigenvalue weighted by atomic mass is 79.9. The molecule has 0 aliphatic rings. The number of hydrogen-bond acceptors (Lipinski definition) is 1. The van der Waals surface area contributed by atoms with E-state index in [2.05, 4.69) is 15.9 Å². The quantitative estimate of drug-likeness (QED) is 0.802. The number of alkyl halides is 3. The van der Waals surface area contributed by atoms with Crippen LogP contribution in [0, 0.1) is 12.7 Å². The molecular formula is C10H11BrClF4N. The van der Waals surface area contributed by atoms with Gasteiger partial charge in [-0.15, -0.1) is 12.4 Å². The lowest BCUT2D eigenvalue weighted by Gasteiger charge is -2.16. The van der Waals surface area contributed by atoms with Crippen LogP contribution in [0.1, 0.15) is 23.6 Å². The molecule has 0 bridgehead atoms. The van der Waals surface area contributed by atoms with Crippen LogP contribution in [0.15, 0.2) is 16.6 Å². The molecule has 0 aliphatic heterocycles. The Morgan fingerprint density at radius 1 is 1.35 bits per heavy atom. The maximum absolute atomic E-state index is 13.5. The van der Waals surface area contributed by atoms with Crippen molar-refractivity contribution < 1.29 is 17.6 Å². The molecule has 0 spiro atoms. The summed E-state index contributed by atoms with van der Waals surface area (Å²) in [7, 11) is 0. The molecule has 0 radical (unpaired) electrons. The van der Waals surface area contributed by atoms with Crippen LogP contribution in [0.2, 0.25) is 0 Å². The van der Waals surface area contributed by atoms with Gasteiger partial charge < -0.3 is 5.73 Å². The van der Waals surface area contributed by atoms with Crippen LogP contribution in [0.4, 0.5) is 17.6 Å². The van der Waals surface area contributed by atoms with Crippen LogP contribution >= 0.6 is 28.3 Å². The van der Waals surface area contributed by atoms with Crippen molar-refractivity contribution in [2.24, 2.45) is 5.73 Å². The van der Waals surface area contributed by atoms with Gasteiger partial charge in [-0.1, -0.05) is 15.9 Å². The molecule has 0 saturated heterocycles. The van der Waals surface area contributed by atoms with Crippen LogP contribution in [0.3, 0.4) is 0 Å². The van der Waals surface area contributed by atoms with Crippen molar-refractivity contribution in [3.05, 3.63) is 33.5 Å². The molecule has 1 aromatic carbocycles. The van der Waals surface area contributed by atoms with E-state index in [0.29, 0.717) is 4.47 Å². The molecule has 0 aliphatic carbocycles. The Morgan fingerprint density at radius 3 is 2.35 bits per heavy atom. The minimum Gasteiger partial charge on any atom is -0.324 e. The van der Waals surface area contributed by atoms with E-state index in [1.165, 1.54) is 19.1 Å². The van der Waals surface area contributed by atoms with Crippen molar-refractivity contribution >= 4 is 28.3 Å². The van der Waals surface area contributed by atoms with Gasteiger partial charge in [0.15, 0.2) is 0 Å². The molecule has 1 aromatic rings. The SMILES string of the molecule is Cc1cc(Br)cc([C@@H](N)CC(F)(F)F)c1F.Cl. The molecule has 98 valence electrons. The zero-order valence-corrected chi connectivity index (χ0v) is 11.2. The number of nitrogens with two attached hydrogens (primary N) is 1. The van der Waals surface area contributed by atoms with E-state index >= 15 is 0 Å². The normalized spacial score (nSPS) is 13.1. The highest BCUT2D eigenvalue weighted by molar-refractivity contribution is 9.10. The Morgan fingerprint density at radius 2 is 1.88 bits per heavy atom. The molecule has 0 fully saturated rings. The number of rotatable bonds is 2. The Bertz CT molecular complexity index is 395. The molecule has 17 heavy (non-hydrogen) atoms. The first-order valence-electron chi connectivity index (χ1n) is 4.48. The molecule has 1 rings (SSSR count). The third-order valence-corrected chi connectivity index (χ3v) is 2.56. The van der Waals surface area contributed by atoms with E-state index in [9.17, 15) is 17.6 Å². The van der Waals surface area contributed by atoms with Crippen molar-refractivity contribution in [2.75, 3.05) is 0 Å². The second-order valence-corrected chi connectivity index (χ2v) is 4.47. The average molecular weight is 337 g/mol. The Labute approximate surface area is 111 Å². The van der Waals surface area contributed by atoms with Crippen molar-refractivity contribution in [3.8, 4) is 0 Å². The summed E-state index contributed by atoms with van der Waals surface area (Å²) < 4.78 is 50.4. The molecule has 0 unspecified atom stereocenters. The van der Waals surface area contributed by atoms with Crippen molar-refractivity contribution in [3.63, 3.8) is 0 Å². The van der Waals surface area contributed by atoms with Gasteiger partial charge >= 0.3 is 6.18 Å². The fourth-order valence-electron chi connectivity index (χ4n) is 1.38. The van der Waals surface area contributed by atoms with Gasteiger partial charge in [-0.2, -0.15) is 13.2 Å². The molecule has 0 amide bonds. The average Bonchev–Trinajstić information content (AvgIpc) is 2.08. The van der Waals surface area contributed by atoms with E-state index in [4.69, 9.17) is 5.73 Å². The van der Waals surface area contributed by atoms with Crippen LogP contribution in [-0.2, 0) is 0 Å². The fraction of sp³-hybridized carbons (Fsp3) is 0.400. The molecule has 7 heteroatoms. The highest BCUT2D eigenvalue weighted by Crippen LogP contribution is 2.31. The van der Waals surface area contributed by atoms with Gasteiger partial charge in [0.2, 0.25) is 0 Å². The molecule has 1 atom stereocenters. The standard InChI is InChI=1S/C10H10BrF4N.ClH/c1-5-2-6(11)3-7(9(5)12)8(16)4-10(13,14)15;/h2-3,8H,4,16H2,1H3;1H/t8-;/m0./s1. The molecule has 2 N–H and O–H groups in total. The summed E-state index contributed by atoms with van der Waals surface area (Å²) in [5.41, 5.74) is 5.48. The lowest BCUT2D eigenvalue weighted by Crippen LogP contribution is -2.21. The van der Waals surface area contributed by atoms with E-state index in [1.54, 1.807) is 0 Å². The van der Waals surface area contributed by atoms with Gasteiger partial charge in [0.25, 0.3) is 0 Å². The first-order chi connectivity index (χ1) is 7.20. The lowest BCUT2D eigenvalue weighted by molar-refractivity contribution is -0.138. The molecule has 0 saturated carbocycles. The maximum atomic E-state index is 13.5. The zero-order chi connectivity index (χ0) is 12.5. The first kappa shape index (κ1) is 16.7. The summed E-state index contributed by atoms with van der Waals surface area (Å²) in [4.78, 5) is 0.